The van der Waals surface area contributed by atoms with Gasteiger partial charge in [0.25, 0.3) is 11.8 Å². The summed E-state index contributed by atoms with van der Waals surface area (Å²) in [5.41, 5.74) is 4.42. The number of carbonyl (C=O) groups is 3. The first kappa shape index (κ1) is 30.9. The second-order valence-electron chi connectivity index (χ2n) is 9.55. The topological polar surface area (TPSA) is 106 Å². The van der Waals surface area contributed by atoms with Crippen molar-refractivity contribution in [3.05, 3.63) is 119 Å². The number of rotatable bonds is 11. The number of anilines is 2. The van der Waals surface area contributed by atoms with E-state index in [4.69, 9.17) is 9.47 Å². The van der Waals surface area contributed by atoms with E-state index in [9.17, 15) is 14.4 Å². The molecule has 43 heavy (non-hydrogen) atoms. The van der Waals surface area contributed by atoms with E-state index in [0.29, 0.717) is 28.3 Å². The Labute approximate surface area is 255 Å². The Hall–Kier alpha value is -5.02. The molecule has 0 heterocycles. The molecule has 4 rings (SSSR count). The van der Waals surface area contributed by atoms with E-state index in [1.165, 1.54) is 18.9 Å². The number of ether oxygens (including phenoxy) is 2. The molecule has 0 radical (unpaired) electrons. The minimum Gasteiger partial charge on any atom is -0.497 e. The Morgan fingerprint density at radius 1 is 0.814 bits per heavy atom. The molecule has 0 aliphatic rings. The van der Waals surface area contributed by atoms with E-state index in [0.717, 1.165) is 21.7 Å². The lowest BCUT2D eigenvalue weighted by Crippen LogP contribution is -2.30. The number of amides is 3. The molecular formula is C34H33N3O5S. The van der Waals surface area contributed by atoms with Crippen molar-refractivity contribution < 1.29 is 23.9 Å². The van der Waals surface area contributed by atoms with Crippen molar-refractivity contribution in [3.8, 4) is 11.5 Å². The first-order valence-corrected chi connectivity index (χ1v) is 14.5. The van der Waals surface area contributed by atoms with Crippen LogP contribution in [0.25, 0.3) is 6.08 Å². The fraction of sp³-hybridized carbons (Fsp3) is 0.147. The number of hydrogen-bond donors (Lipinski definition) is 3. The number of hydrogen-bond acceptors (Lipinski definition) is 6. The largest absolute Gasteiger partial charge is 0.497 e. The molecule has 4 aromatic carbocycles. The lowest BCUT2D eigenvalue weighted by Gasteiger charge is -2.14. The van der Waals surface area contributed by atoms with Crippen LogP contribution in [-0.4, -0.2) is 37.7 Å². The molecule has 0 fully saturated rings. The van der Waals surface area contributed by atoms with E-state index in [1.54, 1.807) is 79.9 Å². The maximum absolute atomic E-state index is 13.5. The van der Waals surface area contributed by atoms with Gasteiger partial charge in [0.2, 0.25) is 5.91 Å². The molecule has 9 heteroatoms. The van der Waals surface area contributed by atoms with Crippen molar-refractivity contribution in [2.75, 3.05) is 30.6 Å². The van der Waals surface area contributed by atoms with Crippen molar-refractivity contribution in [1.29, 1.82) is 0 Å². The molecule has 0 aromatic heterocycles. The summed E-state index contributed by atoms with van der Waals surface area (Å²) in [7, 11) is 3.06. The average molecular weight is 596 g/mol. The monoisotopic (exact) mass is 595 g/mol. The number of benzene rings is 4. The van der Waals surface area contributed by atoms with Crippen molar-refractivity contribution >= 4 is 46.9 Å². The van der Waals surface area contributed by atoms with Crippen LogP contribution in [0.1, 0.15) is 27.0 Å². The summed E-state index contributed by atoms with van der Waals surface area (Å²) in [5.74, 6) is 0.155. The predicted molar refractivity (Wildman–Crippen MR) is 172 cm³/mol. The summed E-state index contributed by atoms with van der Waals surface area (Å²) in [4.78, 5) is 39.9. The van der Waals surface area contributed by atoms with Crippen molar-refractivity contribution in [3.63, 3.8) is 0 Å². The molecule has 8 nitrogen and oxygen atoms in total. The Bertz CT molecular complexity index is 1650. The zero-order chi connectivity index (χ0) is 30.8. The number of carbonyl (C=O) groups excluding carboxylic acids is 3. The van der Waals surface area contributed by atoms with Gasteiger partial charge in [-0.1, -0.05) is 36.4 Å². The van der Waals surface area contributed by atoms with Gasteiger partial charge in [0, 0.05) is 33.5 Å². The van der Waals surface area contributed by atoms with E-state index in [1.807, 2.05) is 38.1 Å². The predicted octanol–water partition coefficient (Wildman–Crippen LogP) is 6.46. The number of nitrogens with one attached hydrogen (secondary N) is 3. The van der Waals surface area contributed by atoms with E-state index in [-0.39, 0.29) is 17.4 Å². The van der Waals surface area contributed by atoms with Gasteiger partial charge in [-0.25, -0.2) is 0 Å². The first-order chi connectivity index (χ1) is 20.8. The van der Waals surface area contributed by atoms with Crippen molar-refractivity contribution in [2.24, 2.45) is 0 Å². The second-order valence-corrected chi connectivity index (χ2v) is 10.6. The second kappa shape index (κ2) is 14.7. The molecule has 0 atom stereocenters. The van der Waals surface area contributed by atoms with Gasteiger partial charge in [-0.2, -0.15) is 0 Å². The molecule has 0 unspecified atom stereocenters. The fourth-order valence-corrected chi connectivity index (χ4v) is 4.87. The summed E-state index contributed by atoms with van der Waals surface area (Å²) < 4.78 is 10.8. The minimum absolute atomic E-state index is 0.0169. The van der Waals surface area contributed by atoms with Crippen LogP contribution in [0.2, 0.25) is 0 Å². The Kier molecular flexibility index (Phi) is 10.6. The minimum atomic E-state index is -0.531. The lowest BCUT2D eigenvalue weighted by atomic mass is 10.1. The van der Waals surface area contributed by atoms with Crippen LogP contribution < -0.4 is 25.4 Å². The third-order valence-electron chi connectivity index (χ3n) is 6.61. The van der Waals surface area contributed by atoms with Crippen LogP contribution in [0.3, 0.4) is 0 Å². The van der Waals surface area contributed by atoms with Crippen molar-refractivity contribution in [2.45, 2.75) is 18.7 Å². The summed E-state index contributed by atoms with van der Waals surface area (Å²) >= 11 is 1.35. The molecule has 220 valence electrons. The number of thioether (sulfide) groups is 1. The number of methoxy groups -OCH3 is 2. The Balaban J connectivity index is 1.51. The lowest BCUT2D eigenvalue weighted by molar-refractivity contribution is -0.114. The third-order valence-corrected chi connectivity index (χ3v) is 7.60. The zero-order valence-corrected chi connectivity index (χ0v) is 25.2. The molecule has 4 aromatic rings. The first-order valence-electron chi connectivity index (χ1n) is 13.5. The van der Waals surface area contributed by atoms with Crippen LogP contribution in [0, 0.1) is 13.8 Å². The third kappa shape index (κ3) is 8.50. The quantitative estimate of drug-likeness (QED) is 0.136. The molecule has 0 aliphatic carbocycles. The van der Waals surface area contributed by atoms with Crippen LogP contribution in [0.5, 0.6) is 11.5 Å². The summed E-state index contributed by atoms with van der Waals surface area (Å²) in [5, 5.41) is 8.55. The summed E-state index contributed by atoms with van der Waals surface area (Å²) in [6.07, 6.45) is 1.55. The van der Waals surface area contributed by atoms with E-state index < -0.39 is 11.8 Å². The van der Waals surface area contributed by atoms with Gasteiger partial charge in [-0.15, -0.1) is 11.8 Å². The van der Waals surface area contributed by atoms with Gasteiger partial charge < -0.3 is 25.4 Å². The number of aryl methyl sites for hydroxylation is 1. The van der Waals surface area contributed by atoms with Crippen LogP contribution in [0.15, 0.2) is 102 Å². The Morgan fingerprint density at radius 2 is 1.58 bits per heavy atom. The standard InChI is InChI=1S/C34H33N3O5S/c1-22-10-8-15-29(23(22)2)36-32(38)21-43-28-14-9-13-26(19-28)35-34(40)30(37-33(39)24-11-6-5-7-12-24)18-25-16-17-27(41-3)20-31(25)42-4/h5-20H,21H2,1-4H3,(H,35,40)(H,36,38)(H,37,39)/b30-18+. The van der Waals surface area contributed by atoms with Gasteiger partial charge in [-0.3, -0.25) is 14.4 Å². The highest BCUT2D eigenvalue weighted by Gasteiger charge is 2.17. The average Bonchev–Trinajstić information content (AvgIpc) is 3.02. The molecule has 0 aliphatic heterocycles. The van der Waals surface area contributed by atoms with Crippen LogP contribution >= 0.6 is 11.8 Å². The Morgan fingerprint density at radius 3 is 2.33 bits per heavy atom. The van der Waals surface area contributed by atoms with Gasteiger partial charge in [0.1, 0.15) is 17.2 Å². The molecular weight excluding hydrogens is 562 g/mol. The SMILES string of the molecule is COc1ccc(/C=C(/NC(=O)c2ccccc2)C(=O)Nc2cccc(SCC(=O)Nc3cccc(C)c3C)c2)c(OC)c1. The molecule has 0 bridgehead atoms. The van der Waals surface area contributed by atoms with E-state index in [2.05, 4.69) is 16.0 Å². The van der Waals surface area contributed by atoms with E-state index >= 15 is 0 Å². The maximum atomic E-state index is 13.5. The smallest absolute Gasteiger partial charge is 0.272 e. The molecule has 0 spiro atoms. The molecule has 3 amide bonds. The maximum Gasteiger partial charge on any atom is 0.272 e. The highest BCUT2D eigenvalue weighted by Crippen LogP contribution is 2.27. The fourth-order valence-electron chi connectivity index (χ4n) is 4.12. The normalized spacial score (nSPS) is 10.9. The molecule has 3 N–H and O–H groups in total. The summed E-state index contributed by atoms with van der Waals surface area (Å²) in [6, 6.07) is 26.7. The van der Waals surface area contributed by atoms with Gasteiger partial charge in [0.15, 0.2) is 0 Å². The van der Waals surface area contributed by atoms with Gasteiger partial charge >= 0.3 is 0 Å². The van der Waals surface area contributed by atoms with Crippen LogP contribution in [-0.2, 0) is 9.59 Å². The molecule has 0 saturated heterocycles. The molecule has 0 saturated carbocycles. The van der Waals surface area contributed by atoms with Gasteiger partial charge in [-0.05, 0) is 79.6 Å². The highest BCUT2D eigenvalue weighted by molar-refractivity contribution is 8.00. The van der Waals surface area contributed by atoms with Crippen LogP contribution in [0.4, 0.5) is 11.4 Å². The van der Waals surface area contributed by atoms with Gasteiger partial charge in [0.05, 0.1) is 20.0 Å². The zero-order valence-electron chi connectivity index (χ0n) is 24.4. The summed E-state index contributed by atoms with van der Waals surface area (Å²) in [6.45, 7) is 3.97. The highest BCUT2D eigenvalue weighted by atomic mass is 32.2. The van der Waals surface area contributed by atoms with Crippen molar-refractivity contribution in [1.82, 2.24) is 5.32 Å².